The number of amides is 1. The van der Waals surface area contributed by atoms with Gasteiger partial charge in [0.1, 0.15) is 0 Å². The lowest BCUT2D eigenvalue weighted by Crippen LogP contribution is -2.24. The molecule has 1 N–H and O–H groups in total. The zero-order valence-electron chi connectivity index (χ0n) is 16.6. The van der Waals surface area contributed by atoms with Crippen molar-refractivity contribution in [2.45, 2.75) is 18.1 Å². The molecule has 0 spiro atoms. The number of sulfonamides is 1. The Morgan fingerprint density at radius 3 is 2.40 bits per heavy atom. The van der Waals surface area contributed by atoms with Crippen LogP contribution in [0.15, 0.2) is 53.4 Å². The average Bonchev–Trinajstić information content (AvgIpc) is 2.72. The molecule has 0 saturated heterocycles. The van der Waals surface area contributed by atoms with Crippen molar-refractivity contribution in [2.75, 3.05) is 21.2 Å². The standard InChI is InChI=1S/C20H22F2N2O5S/c1-23-30(26,27)16-8-4-14(5-9-16)7-11-19(25)24(2)13-15-6-10-17(29-20(21)22)18(12-15)28-3/h4-12,20,23H,13H2,1-3H3/b11-7+. The van der Waals surface area contributed by atoms with Gasteiger partial charge in [-0.3, -0.25) is 4.79 Å². The van der Waals surface area contributed by atoms with Gasteiger partial charge in [-0.05, 0) is 48.5 Å². The van der Waals surface area contributed by atoms with Crippen LogP contribution < -0.4 is 14.2 Å². The summed E-state index contributed by atoms with van der Waals surface area (Å²) >= 11 is 0. The SMILES string of the molecule is CNS(=O)(=O)c1ccc(/C=C/C(=O)N(C)Cc2ccc(OC(F)F)c(OC)c2)cc1. The molecule has 2 rings (SSSR count). The van der Waals surface area contributed by atoms with Crippen molar-refractivity contribution in [3.8, 4) is 11.5 Å². The quantitative estimate of drug-likeness (QED) is 0.606. The Balaban J connectivity index is 2.04. The zero-order valence-corrected chi connectivity index (χ0v) is 17.4. The first-order valence-electron chi connectivity index (χ1n) is 8.75. The minimum Gasteiger partial charge on any atom is -0.493 e. The number of carbonyl (C=O) groups is 1. The maximum atomic E-state index is 12.4. The molecule has 0 saturated carbocycles. The van der Waals surface area contributed by atoms with Crippen molar-refractivity contribution in [3.05, 3.63) is 59.7 Å². The van der Waals surface area contributed by atoms with E-state index in [-0.39, 0.29) is 28.8 Å². The van der Waals surface area contributed by atoms with Gasteiger partial charge >= 0.3 is 6.61 Å². The van der Waals surface area contributed by atoms with E-state index in [9.17, 15) is 22.0 Å². The maximum Gasteiger partial charge on any atom is 0.387 e. The van der Waals surface area contributed by atoms with Crippen molar-refractivity contribution in [1.29, 1.82) is 0 Å². The summed E-state index contributed by atoms with van der Waals surface area (Å²) in [6.45, 7) is -2.75. The van der Waals surface area contributed by atoms with E-state index in [1.165, 1.54) is 49.4 Å². The largest absolute Gasteiger partial charge is 0.493 e. The molecule has 0 fully saturated rings. The van der Waals surface area contributed by atoms with Crippen LogP contribution in [0.25, 0.3) is 6.08 Å². The summed E-state index contributed by atoms with van der Waals surface area (Å²) in [5, 5.41) is 0. The van der Waals surface area contributed by atoms with E-state index in [1.54, 1.807) is 31.3 Å². The minimum atomic E-state index is -3.52. The number of hydrogen-bond acceptors (Lipinski definition) is 5. The van der Waals surface area contributed by atoms with E-state index >= 15 is 0 Å². The van der Waals surface area contributed by atoms with Crippen molar-refractivity contribution in [2.24, 2.45) is 0 Å². The van der Waals surface area contributed by atoms with Gasteiger partial charge in [-0.1, -0.05) is 18.2 Å². The summed E-state index contributed by atoms with van der Waals surface area (Å²) in [6, 6.07) is 10.5. The molecular formula is C20H22F2N2O5S. The third kappa shape index (κ3) is 6.26. The van der Waals surface area contributed by atoms with Gasteiger partial charge < -0.3 is 14.4 Å². The molecule has 0 aromatic heterocycles. The Hall–Kier alpha value is -2.98. The Bertz CT molecular complexity index is 1010. The fraction of sp³-hybridized carbons (Fsp3) is 0.250. The molecular weight excluding hydrogens is 418 g/mol. The van der Waals surface area contributed by atoms with Gasteiger partial charge in [0.2, 0.25) is 15.9 Å². The Morgan fingerprint density at radius 2 is 1.83 bits per heavy atom. The highest BCUT2D eigenvalue weighted by atomic mass is 32.2. The third-order valence-corrected chi connectivity index (χ3v) is 5.55. The van der Waals surface area contributed by atoms with Gasteiger partial charge in [0.15, 0.2) is 11.5 Å². The van der Waals surface area contributed by atoms with Gasteiger partial charge in [0.25, 0.3) is 0 Å². The first kappa shape index (κ1) is 23.3. The van der Waals surface area contributed by atoms with E-state index in [4.69, 9.17) is 4.74 Å². The normalized spacial score (nSPS) is 11.7. The topological polar surface area (TPSA) is 84.9 Å². The lowest BCUT2D eigenvalue weighted by molar-refractivity contribution is -0.125. The summed E-state index contributed by atoms with van der Waals surface area (Å²) in [7, 11) is 0.730. The van der Waals surface area contributed by atoms with Crippen molar-refractivity contribution >= 4 is 22.0 Å². The first-order chi connectivity index (χ1) is 14.2. The molecule has 0 aliphatic carbocycles. The second-order valence-corrected chi connectivity index (χ2v) is 8.05. The average molecular weight is 440 g/mol. The molecule has 1 amide bonds. The van der Waals surface area contributed by atoms with Gasteiger partial charge in [-0.25, -0.2) is 13.1 Å². The summed E-state index contributed by atoms with van der Waals surface area (Å²) in [4.78, 5) is 13.9. The number of rotatable bonds is 9. The van der Waals surface area contributed by atoms with Gasteiger partial charge in [-0.2, -0.15) is 8.78 Å². The van der Waals surface area contributed by atoms with Crippen LogP contribution in [0.2, 0.25) is 0 Å². The highest BCUT2D eigenvalue weighted by Crippen LogP contribution is 2.29. The monoisotopic (exact) mass is 440 g/mol. The predicted molar refractivity (Wildman–Crippen MR) is 108 cm³/mol. The van der Waals surface area contributed by atoms with Gasteiger partial charge in [0, 0.05) is 19.7 Å². The molecule has 7 nitrogen and oxygen atoms in total. The van der Waals surface area contributed by atoms with E-state index in [1.807, 2.05) is 0 Å². The smallest absolute Gasteiger partial charge is 0.387 e. The molecule has 0 atom stereocenters. The van der Waals surface area contributed by atoms with Crippen LogP contribution in [0.4, 0.5) is 8.78 Å². The number of likely N-dealkylation sites (N-methyl/N-ethyl adjacent to an activating group) is 1. The van der Waals surface area contributed by atoms with Crippen molar-refractivity contribution in [1.82, 2.24) is 9.62 Å². The van der Waals surface area contributed by atoms with Crippen LogP contribution in [0.1, 0.15) is 11.1 Å². The highest BCUT2D eigenvalue weighted by molar-refractivity contribution is 7.89. The van der Waals surface area contributed by atoms with Crippen LogP contribution >= 0.6 is 0 Å². The minimum absolute atomic E-state index is 0.0890. The number of nitrogens with one attached hydrogen (secondary N) is 1. The molecule has 162 valence electrons. The number of halogens is 2. The first-order valence-corrected chi connectivity index (χ1v) is 10.2. The second kappa shape index (κ2) is 10.2. The summed E-state index contributed by atoms with van der Waals surface area (Å²) in [5.41, 5.74) is 1.32. The zero-order chi connectivity index (χ0) is 22.3. The fourth-order valence-corrected chi connectivity index (χ4v) is 3.26. The number of hydrogen-bond donors (Lipinski definition) is 1. The number of methoxy groups -OCH3 is 1. The Morgan fingerprint density at radius 1 is 1.17 bits per heavy atom. The van der Waals surface area contributed by atoms with Crippen LogP contribution in [0.5, 0.6) is 11.5 Å². The third-order valence-electron chi connectivity index (χ3n) is 4.12. The molecule has 2 aromatic carbocycles. The Kier molecular flexibility index (Phi) is 7.90. The molecule has 10 heteroatoms. The molecule has 0 radical (unpaired) electrons. The second-order valence-electron chi connectivity index (χ2n) is 6.17. The van der Waals surface area contributed by atoms with Gasteiger partial charge in [0.05, 0.1) is 12.0 Å². The Labute approximate surface area is 174 Å². The highest BCUT2D eigenvalue weighted by Gasteiger charge is 2.13. The number of nitrogens with zero attached hydrogens (tertiary/aromatic N) is 1. The van der Waals surface area contributed by atoms with E-state index in [0.717, 1.165) is 0 Å². The number of ether oxygens (including phenoxy) is 2. The number of alkyl halides is 2. The van der Waals surface area contributed by atoms with E-state index in [2.05, 4.69) is 9.46 Å². The van der Waals surface area contributed by atoms with Crippen LogP contribution in [-0.2, 0) is 21.4 Å². The van der Waals surface area contributed by atoms with Crippen LogP contribution in [-0.4, -0.2) is 47.0 Å². The number of carbonyl (C=O) groups excluding carboxylic acids is 1. The molecule has 0 heterocycles. The number of benzene rings is 2. The molecule has 0 aliphatic heterocycles. The lowest BCUT2D eigenvalue weighted by atomic mass is 10.2. The molecule has 30 heavy (non-hydrogen) atoms. The summed E-state index contributed by atoms with van der Waals surface area (Å²) < 4.78 is 59.9. The molecule has 0 aliphatic rings. The molecule has 0 unspecified atom stereocenters. The van der Waals surface area contributed by atoms with Crippen LogP contribution in [0.3, 0.4) is 0 Å². The lowest BCUT2D eigenvalue weighted by Gasteiger charge is -2.17. The maximum absolute atomic E-state index is 12.4. The van der Waals surface area contributed by atoms with E-state index in [0.29, 0.717) is 11.1 Å². The molecule has 2 aromatic rings. The van der Waals surface area contributed by atoms with Crippen molar-refractivity contribution in [3.63, 3.8) is 0 Å². The summed E-state index contributed by atoms with van der Waals surface area (Å²) in [5.74, 6) is -0.247. The van der Waals surface area contributed by atoms with Crippen molar-refractivity contribution < 1.29 is 31.5 Å². The van der Waals surface area contributed by atoms with Gasteiger partial charge in [-0.15, -0.1) is 0 Å². The molecule has 0 bridgehead atoms. The summed E-state index contributed by atoms with van der Waals surface area (Å²) in [6.07, 6.45) is 2.92. The van der Waals surface area contributed by atoms with E-state index < -0.39 is 16.6 Å². The predicted octanol–water partition coefficient (Wildman–Crippen LogP) is 2.88. The fourth-order valence-electron chi connectivity index (χ4n) is 2.53. The van der Waals surface area contributed by atoms with Crippen LogP contribution in [0, 0.1) is 0 Å².